The van der Waals surface area contributed by atoms with Crippen LogP contribution in [-0.4, -0.2) is 4.57 Å². The lowest BCUT2D eigenvalue weighted by Gasteiger charge is -2.04. The number of benzene rings is 1. The van der Waals surface area contributed by atoms with E-state index in [9.17, 15) is 0 Å². The van der Waals surface area contributed by atoms with Crippen LogP contribution in [-0.2, 0) is 13.5 Å². The van der Waals surface area contributed by atoms with E-state index in [1.165, 1.54) is 41.4 Å². The fraction of sp³-hybridized carbons (Fsp3) is 0.429. The molecule has 80 valence electrons. The highest BCUT2D eigenvalue weighted by molar-refractivity contribution is 5.88. The van der Waals surface area contributed by atoms with Crippen LogP contribution in [0.15, 0.2) is 24.3 Å². The SMILES string of the molecule is CCCCc1c2ccccc2c(C)n1C. The molecule has 0 saturated heterocycles. The Morgan fingerprint density at radius 1 is 1.13 bits per heavy atom. The molecular weight excluding hydrogens is 182 g/mol. The van der Waals surface area contributed by atoms with Crippen molar-refractivity contribution in [2.75, 3.05) is 0 Å². The van der Waals surface area contributed by atoms with Gasteiger partial charge in [0.1, 0.15) is 0 Å². The summed E-state index contributed by atoms with van der Waals surface area (Å²) >= 11 is 0. The second-order valence-corrected chi connectivity index (χ2v) is 4.24. The molecule has 15 heavy (non-hydrogen) atoms. The highest BCUT2D eigenvalue weighted by Crippen LogP contribution is 2.25. The van der Waals surface area contributed by atoms with Crippen molar-refractivity contribution in [2.45, 2.75) is 33.1 Å². The lowest BCUT2D eigenvalue weighted by molar-refractivity contribution is 0.728. The maximum absolute atomic E-state index is 2.35. The number of unbranched alkanes of at least 4 members (excludes halogenated alkanes) is 1. The zero-order valence-electron chi connectivity index (χ0n) is 9.88. The van der Waals surface area contributed by atoms with Crippen molar-refractivity contribution in [3.05, 3.63) is 35.7 Å². The Morgan fingerprint density at radius 3 is 2.47 bits per heavy atom. The fourth-order valence-electron chi connectivity index (χ4n) is 2.26. The molecule has 1 aromatic heterocycles. The molecule has 0 bridgehead atoms. The second kappa shape index (κ2) is 4.09. The molecule has 2 aromatic rings. The monoisotopic (exact) mass is 201 g/mol. The predicted octanol–water partition coefficient (Wildman–Crippen LogP) is 3.83. The third-order valence-corrected chi connectivity index (χ3v) is 3.30. The smallest absolute Gasteiger partial charge is 0.0253 e. The summed E-state index contributed by atoms with van der Waals surface area (Å²) in [6.45, 7) is 4.45. The van der Waals surface area contributed by atoms with Gasteiger partial charge >= 0.3 is 0 Å². The Hall–Kier alpha value is -1.24. The van der Waals surface area contributed by atoms with Crippen molar-refractivity contribution >= 4 is 10.8 Å². The number of aryl methyl sites for hydroxylation is 2. The average molecular weight is 201 g/mol. The Balaban J connectivity index is 2.56. The van der Waals surface area contributed by atoms with Gasteiger partial charge in [0.25, 0.3) is 0 Å². The van der Waals surface area contributed by atoms with Gasteiger partial charge in [0.2, 0.25) is 0 Å². The first kappa shape index (κ1) is 10.3. The average Bonchev–Trinajstić information content (AvgIpc) is 2.51. The van der Waals surface area contributed by atoms with Crippen LogP contribution in [0.5, 0.6) is 0 Å². The van der Waals surface area contributed by atoms with Crippen LogP contribution in [0.3, 0.4) is 0 Å². The lowest BCUT2D eigenvalue weighted by atomic mass is 10.1. The summed E-state index contributed by atoms with van der Waals surface area (Å²) in [7, 11) is 2.18. The van der Waals surface area contributed by atoms with Crippen LogP contribution in [0, 0.1) is 6.92 Å². The van der Waals surface area contributed by atoms with E-state index in [0.29, 0.717) is 0 Å². The van der Waals surface area contributed by atoms with E-state index in [0.717, 1.165) is 0 Å². The molecule has 0 unspecified atom stereocenters. The quantitative estimate of drug-likeness (QED) is 0.711. The number of hydrogen-bond acceptors (Lipinski definition) is 0. The van der Waals surface area contributed by atoms with Crippen molar-refractivity contribution in [3.8, 4) is 0 Å². The normalized spacial score (nSPS) is 11.1. The molecule has 1 aromatic carbocycles. The van der Waals surface area contributed by atoms with Gasteiger partial charge in [-0.1, -0.05) is 37.6 Å². The minimum absolute atomic E-state index is 1.20. The Kier molecular flexibility index (Phi) is 2.81. The van der Waals surface area contributed by atoms with Gasteiger partial charge in [-0.25, -0.2) is 0 Å². The molecule has 1 nitrogen and oxygen atoms in total. The lowest BCUT2D eigenvalue weighted by Crippen LogP contribution is -1.98. The van der Waals surface area contributed by atoms with E-state index in [1.54, 1.807) is 0 Å². The molecule has 0 radical (unpaired) electrons. The second-order valence-electron chi connectivity index (χ2n) is 4.24. The number of hydrogen-bond donors (Lipinski definition) is 0. The van der Waals surface area contributed by atoms with Gasteiger partial charge in [-0.15, -0.1) is 0 Å². The van der Waals surface area contributed by atoms with Gasteiger partial charge in [0, 0.05) is 29.2 Å². The van der Waals surface area contributed by atoms with E-state index in [4.69, 9.17) is 0 Å². The van der Waals surface area contributed by atoms with Crippen molar-refractivity contribution in [3.63, 3.8) is 0 Å². The van der Waals surface area contributed by atoms with Gasteiger partial charge in [-0.3, -0.25) is 0 Å². The first-order valence-corrected chi connectivity index (χ1v) is 5.78. The predicted molar refractivity (Wildman–Crippen MR) is 66.3 cm³/mol. The standard InChI is InChI=1S/C14H19N/c1-4-5-10-14-13-9-7-6-8-12(13)11(2)15(14)3/h6-9H,4-5,10H2,1-3H3. The number of fused-ring (bicyclic) bond motifs is 1. The first-order valence-electron chi connectivity index (χ1n) is 5.78. The topological polar surface area (TPSA) is 4.93 Å². The van der Waals surface area contributed by atoms with Crippen LogP contribution in [0.2, 0.25) is 0 Å². The van der Waals surface area contributed by atoms with Gasteiger partial charge < -0.3 is 4.57 Å². The molecule has 0 amide bonds. The van der Waals surface area contributed by atoms with Gasteiger partial charge in [-0.2, -0.15) is 0 Å². The molecule has 0 fully saturated rings. The van der Waals surface area contributed by atoms with Crippen LogP contribution >= 0.6 is 0 Å². The summed E-state index contributed by atoms with van der Waals surface area (Å²) < 4.78 is 2.35. The molecular formula is C14H19N. The third-order valence-electron chi connectivity index (χ3n) is 3.30. The highest BCUT2D eigenvalue weighted by atomic mass is 15.0. The largest absolute Gasteiger partial charge is 0.351 e. The third kappa shape index (κ3) is 1.67. The first-order chi connectivity index (χ1) is 7.25. The zero-order chi connectivity index (χ0) is 10.8. The summed E-state index contributed by atoms with van der Waals surface area (Å²) in [5, 5.41) is 2.84. The molecule has 0 spiro atoms. The molecule has 2 rings (SSSR count). The number of aromatic nitrogens is 1. The minimum Gasteiger partial charge on any atom is -0.351 e. The summed E-state index contributed by atoms with van der Waals surface area (Å²) in [6, 6.07) is 8.73. The highest BCUT2D eigenvalue weighted by Gasteiger charge is 2.09. The van der Waals surface area contributed by atoms with Crippen LogP contribution in [0.1, 0.15) is 31.2 Å². The minimum atomic E-state index is 1.20. The molecule has 0 atom stereocenters. The fourth-order valence-corrected chi connectivity index (χ4v) is 2.26. The Labute approximate surface area is 91.7 Å². The van der Waals surface area contributed by atoms with Crippen molar-refractivity contribution in [1.82, 2.24) is 4.57 Å². The van der Waals surface area contributed by atoms with Gasteiger partial charge in [-0.05, 0) is 19.8 Å². The zero-order valence-corrected chi connectivity index (χ0v) is 9.88. The molecule has 1 heterocycles. The Morgan fingerprint density at radius 2 is 1.80 bits per heavy atom. The summed E-state index contributed by atoms with van der Waals surface area (Å²) in [5.41, 5.74) is 2.88. The Bertz CT molecular complexity index is 465. The molecule has 0 saturated carbocycles. The van der Waals surface area contributed by atoms with Crippen molar-refractivity contribution in [1.29, 1.82) is 0 Å². The molecule has 0 aliphatic carbocycles. The van der Waals surface area contributed by atoms with E-state index in [2.05, 4.69) is 49.7 Å². The van der Waals surface area contributed by atoms with Crippen molar-refractivity contribution < 1.29 is 0 Å². The van der Waals surface area contributed by atoms with E-state index >= 15 is 0 Å². The summed E-state index contributed by atoms with van der Waals surface area (Å²) in [5.74, 6) is 0. The van der Waals surface area contributed by atoms with Gasteiger partial charge in [0.05, 0.1) is 0 Å². The van der Waals surface area contributed by atoms with Crippen LogP contribution in [0.4, 0.5) is 0 Å². The van der Waals surface area contributed by atoms with Crippen LogP contribution < -0.4 is 0 Å². The molecule has 0 aliphatic rings. The van der Waals surface area contributed by atoms with Crippen LogP contribution in [0.25, 0.3) is 10.8 Å². The van der Waals surface area contributed by atoms with E-state index in [-0.39, 0.29) is 0 Å². The molecule has 0 aliphatic heterocycles. The maximum Gasteiger partial charge on any atom is 0.0253 e. The van der Waals surface area contributed by atoms with Gasteiger partial charge in [0.15, 0.2) is 0 Å². The number of rotatable bonds is 3. The van der Waals surface area contributed by atoms with Crippen molar-refractivity contribution in [2.24, 2.45) is 7.05 Å². The summed E-state index contributed by atoms with van der Waals surface area (Å²) in [6.07, 6.45) is 3.74. The molecule has 0 N–H and O–H groups in total. The molecule has 1 heteroatoms. The van der Waals surface area contributed by atoms with E-state index in [1.807, 2.05) is 0 Å². The van der Waals surface area contributed by atoms with E-state index < -0.39 is 0 Å². The summed E-state index contributed by atoms with van der Waals surface area (Å²) in [4.78, 5) is 0. The number of nitrogens with zero attached hydrogens (tertiary/aromatic N) is 1. The maximum atomic E-state index is 2.35.